The van der Waals surface area contributed by atoms with Crippen LogP contribution in [-0.2, 0) is 9.53 Å². The van der Waals surface area contributed by atoms with Gasteiger partial charge in [-0.3, -0.25) is 4.79 Å². The monoisotopic (exact) mass is 321 g/mol. The molecule has 0 saturated carbocycles. The predicted octanol–water partition coefficient (Wildman–Crippen LogP) is 3.63. The van der Waals surface area contributed by atoms with E-state index >= 15 is 0 Å². The number of amides is 1. The van der Waals surface area contributed by atoms with Crippen molar-refractivity contribution in [3.8, 4) is 11.5 Å². The minimum Gasteiger partial charge on any atom is -0.490 e. The van der Waals surface area contributed by atoms with E-state index in [1.54, 1.807) is 0 Å². The highest BCUT2D eigenvalue weighted by molar-refractivity contribution is 5.92. The summed E-state index contributed by atoms with van der Waals surface area (Å²) in [6.45, 7) is 6.72. The molecule has 5 nitrogen and oxygen atoms in total. The normalized spacial score (nSPS) is 15.2. The van der Waals surface area contributed by atoms with Crippen molar-refractivity contribution in [1.29, 1.82) is 0 Å². The van der Waals surface area contributed by atoms with Gasteiger partial charge in [-0.25, -0.2) is 0 Å². The van der Waals surface area contributed by atoms with Crippen LogP contribution in [0.3, 0.4) is 0 Å². The van der Waals surface area contributed by atoms with Crippen LogP contribution >= 0.6 is 0 Å². The van der Waals surface area contributed by atoms with Crippen molar-refractivity contribution in [3.63, 3.8) is 0 Å². The van der Waals surface area contributed by atoms with Gasteiger partial charge in [0.2, 0.25) is 5.91 Å². The lowest BCUT2D eigenvalue weighted by molar-refractivity contribution is -0.122. The van der Waals surface area contributed by atoms with Crippen LogP contribution in [0.1, 0.15) is 39.5 Å². The van der Waals surface area contributed by atoms with E-state index in [1.165, 1.54) is 0 Å². The summed E-state index contributed by atoms with van der Waals surface area (Å²) >= 11 is 0. The average Bonchev–Trinajstić information content (AvgIpc) is 2.59. The van der Waals surface area contributed by atoms with Gasteiger partial charge in [0.1, 0.15) is 0 Å². The van der Waals surface area contributed by atoms with E-state index < -0.39 is 0 Å². The van der Waals surface area contributed by atoms with E-state index in [0.717, 1.165) is 37.1 Å². The van der Waals surface area contributed by atoms with Crippen LogP contribution in [-0.4, -0.2) is 32.3 Å². The molecular weight excluding hydrogens is 294 g/mol. The first kappa shape index (κ1) is 17.6. The van der Waals surface area contributed by atoms with Gasteiger partial charge < -0.3 is 19.5 Å². The topological polar surface area (TPSA) is 56.8 Å². The smallest absolute Gasteiger partial charge is 0.227 e. The fourth-order valence-corrected chi connectivity index (χ4v) is 2.45. The van der Waals surface area contributed by atoms with Gasteiger partial charge in [0.15, 0.2) is 11.5 Å². The van der Waals surface area contributed by atoms with Crippen molar-refractivity contribution >= 4 is 11.6 Å². The van der Waals surface area contributed by atoms with Gasteiger partial charge in [0.25, 0.3) is 0 Å². The molecule has 0 unspecified atom stereocenters. The van der Waals surface area contributed by atoms with Crippen LogP contribution < -0.4 is 14.8 Å². The van der Waals surface area contributed by atoms with Crippen LogP contribution in [0.2, 0.25) is 0 Å². The summed E-state index contributed by atoms with van der Waals surface area (Å²) in [5, 5.41) is 2.98. The highest BCUT2D eigenvalue weighted by Gasteiger charge is 2.21. The molecule has 0 spiro atoms. The lowest BCUT2D eigenvalue weighted by Gasteiger charge is -2.21. The molecule has 0 atom stereocenters. The van der Waals surface area contributed by atoms with Crippen molar-refractivity contribution in [2.24, 2.45) is 5.92 Å². The van der Waals surface area contributed by atoms with Gasteiger partial charge in [0.05, 0.1) is 13.2 Å². The molecule has 2 rings (SSSR count). The highest BCUT2D eigenvalue weighted by Crippen LogP contribution is 2.31. The Morgan fingerprint density at radius 3 is 2.43 bits per heavy atom. The summed E-state index contributed by atoms with van der Waals surface area (Å²) in [7, 11) is 0. The second-order valence-electron chi connectivity index (χ2n) is 5.73. The molecule has 0 aromatic heterocycles. The molecule has 128 valence electrons. The SMILES string of the molecule is CCCOc1ccc(NC(=O)C2CCOCC2)cc1OCCC. The molecule has 5 heteroatoms. The number of carbonyl (C=O) groups is 1. The molecule has 1 aliphatic heterocycles. The van der Waals surface area contributed by atoms with Gasteiger partial charge in [-0.15, -0.1) is 0 Å². The molecule has 1 fully saturated rings. The maximum Gasteiger partial charge on any atom is 0.227 e. The average molecular weight is 321 g/mol. The second-order valence-corrected chi connectivity index (χ2v) is 5.73. The van der Waals surface area contributed by atoms with Gasteiger partial charge in [0, 0.05) is 30.9 Å². The predicted molar refractivity (Wildman–Crippen MR) is 90.2 cm³/mol. The third kappa shape index (κ3) is 5.43. The zero-order valence-electron chi connectivity index (χ0n) is 14.1. The van der Waals surface area contributed by atoms with Gasteiger partial charge in [-0.1, -0.05) is 13.8 Å². The maximum atomic E-state index is 12.3. The van der Waals surface area contributed by atoms with E-state index in [-0.39, 0.29) is 11.8 Å². The summed E-state index contributed by atoms with van der Waals surface area (Å²) in [6.07, 6.45) is 3.42. The molecule has 1 aromatic carbocycles. The summed E-state index contributed by atoms with van der Waals surface area (Å²) in [5.41, 5.74) is 0.747. The summed E-state index contributed by atoms with van der Waals surface area (Å²) in [6, 6.07) is 5.57. The zero-order valence-corrected chi connectivity index (χ0v) is 14.1. The Morgan fingerprint density at radius 2 is 1.78 bits per heavy atom. The number of nitrogens with one attached hydrogen (secondary N) is 1. The lowest BCUT2D eigenvalue weighted by atomic mass is 9.99. The van der Waals surface area contributed by atoms with E-state index in [1.807, 2.05) is 18.2 Å². The Morgan fingerprint density at radius 1 is 1.13 bits per heavy atom. The Labute approximate surface area is 138 Å². The molecule has 1 aliphatic rings. The lowest BCUT2D eigenvalue weighted by Crippen LogP contribution is -2.28. The Hall–Kier alpha value is -1.75. The maximum absolute atomic E-state index is 12.3. The van der Waals surface area contributed by atoms with Crippen molar-refractivity contribution in [2.75, 3.05) is 31.7 Å². The first-order valence-corrected chi connectivity index (χ1v) is 8.52. The highest BCUT2D eigenvalue weighted by atomic mass is 16.5. The molecule has 1 saturated heterocycles. The fraction of sp³-hybridized carbons (Fsp3) is 0.611. The zero-order chi connectivity index (χ0) is 16.5. The molecule has 0 aliphatic carbocycles. The van der Waals surface area contributed by atoms with Crippen LogP contribution in [0.25, 0.3) is 0 Å². The quantitative estimate of drug-likeness (QED) is 0.794. The van der Waals surface area contributed by atoms with E-state index in [4.69, 9.17) is 14.2 Å². The van der Waals surface area contributed by atoms with Crippen molar-refractivity contribution in [3.05, 3.63) is 18.2 Å². The largest absolute Gasteiger partial charge is 0.490 e. The van der Waals surface area contributed by atoms with Gasteiger partial charge >= 0.3 is 0 Å². The van der Waals surface area contributed by atoms with E-state index in [2.05, 4.69) is 19.2 Å². The first-order valence-electron chi connectivity index (χ1n) is 8.52. The van der Waals surface area contributed by atoms with Crippen molar-refractivity contribution < 1.29 is 19.0 Å². The summed E-state index contributed by atoms with van der Waals surface area (Å²) in [4.78, 5) is 12.3. The molecule has 1 aromatic rings. The number of benzene rings is 1. The minimum absolute atomic E-state index is 0.0276. The number of hydrogen-bond acceptors (Lipinski definition) is 4. The van der Waals surface area contributed by atoms with Gasteiger partial charge in [-0.05, 0) is 37.8 Å². The first-order chi connectivity index (χ1) is 11.2. The third-order valence-corrected chi connectivity index (χ3v) is 3.73. The minimum atomic E-state index is 0.0276. The van der Waals surface area contributed by atoms with Crippen LogP contribution in [0.15, 0.2) is 18.2 Å². The Kier molecular flexibility index (Phi) is 7.20. The second kappa shape index (κ2) is 9.40. The standard InChI is InChI=1S/C18H27NO4/c1-3-9-22-16-6-5-15(13-17(16)23-10-4-2)19-18(20)14-7-11-21-12-8-14/h5-6,13-14H,3-4,7-12H2,1-2H3,(H,19,20). The Balaban J connectivity index is 2.04. The molecule has 0 radical (unpaired) electrons. The van der Waals surface area contributed by atoms with E-state index in [9.17, 15) is 4.79 Å². The molecule has 1 N–H and O–H groups in total. The number of ether oxygens (including phenoxy) is 3. The molecule has 1 heterocycles. The van der Waals surface area contributed by atoms with Crippen molar-refractivity contribution in [1.82, 2.24) is 0 Å². The molecular formula is C18H27NO4. The number of anilines is 1. The summed E-state index contributed by atoms with van der Waals surface area (Å²) in [5.74, 6) is 1.49. The van der Waals surface area contributed by atoms with Crippen molar-refractivity contribution in [2.45, 2.75) is 39.5 Å². The molecule has 0 bridgehead atoms. The third-order valence-electron chi connectivity index (χ3n) is 3.73. The number of carbonyl (C=O) groups excluding carboxylic acids is 1. The van der Waals surface area contributed by atoms with E-state index in [0.29, 0.717) is 32.2 Å². The Bertz CT molecular complexity index is 498. The number of rotatable bonds is 8. The van der Waals surface area contributed by atoms with Gasteiger partial charge in [-0.2, -0.15) is 0 Å². The van der Waals surface area contributed by atoms with Crippen LogP contribution in [0.4, 0.5) is 5.69 Å². The number of hydrogen-bond donors (Lipinski definition) is 1. The fourth-order valence-electron chi connectivity index (χ4n) is 2.45. The molecule has 23 heavy (non-hydrogen) atoms. The van der Waals surface area contributed by atoms with Crippen LogP contribution in [0, 0.1) is 5.92 Å². The van der Waals surface area contributed by atoms with Crippen LogP contribution in [0.5, 0.6) is 11.5 Å². The summed E-state index contributed by atoms with van der Waals surface area (Å²) < 4.78 is 16.8. The molecule has 1 amide bonds.